The van der Waals surface area contributed by atoms with Crippen molar-refractivity contribution >= 4 is 17.8 Å². The first-order chi connectivity index (χ1) is 13.4. The van der Waals surface area contributed by atoms with Gasteiger partial charge in [0.25, 0.3) is 5.91 Å². The fourth-order valence-electron chi connectivity index (χ4n) is 2.87. The van der Waals surface area contributed by atoms with Crippen molar-refractivity contribution in [2.24, 2.45) is 5.10 Å². The van der Waals surface area contributed by atoms with Crippen LogP contribution in [-0.2, 0) is 4.79 Å². The van der Waals surface area contributed by atoms with Gasteiger partial charge in [0.2, 0.25) is 0 Å². The fourth-order valence-corrected chi connectivity index (χ4v) is 2.87. The Morgan fingerprint density at radius 2 is 1.64 bits per heavy atom. The topological polar surface area (TPSA) is 58.4 Å². The number of nitrogens with one attached hydrogen (secondary N) is 2. The van der Waals surface area contributed by atoms with E-state index in [1.54, 1.807) is 30.5 Å². The number of hydrazone groups is 1. The molecule has 3 rings (SSSR count). The van der Waals surface area contributed by atoms with E-state index in [4.69, 9.17) is 0 Å². The Morgan fingerprint density at radius 1 is 1.04 bits per heavy atom. The highest BCUT2D eigenvalue weighted by molar-refractivity contribution is 5.85. The molecule has 0 saturated heterocycles. The number of hydrogen-bond acceptors (Lipinski definition) is 3. The Labute approximate surface area is 161 Å². The van der Waals surface area contributed by atoms with Crippen molar-refractivity contribution in [2.75, 3.05) is 11.9 Å². The van der Waals surface area contributed by atoms with E-state index in [-0.39, 0.29) is 24.1 Å². The molecule has 2 N–H and O–H groups in total. The van der Waals surface area contributed by atoms with Crippen LogP contribution in [0.5, 0.6) is 0 Å². The van der Waals surface area contributed by atoms with Gasteiger partial charge in [-0.2, -0.15) is 5.10 Å². The van der Waals surface area contributed by atoms with Crippen LogP contribution in [0, 0.1) is 25.5 Å². The number of hydrogen-bond donors (Lipinski definition) is 2. The number of carbonyl (C=O) groups excluding carboxylic acids is 1. The van der Waals surface area contributed by atoms with Crippen LogP contribution in [0.3, 0.4) is 0 Å². The molecule has 0 spiro atoms. The van der Waals surface area contributed by atoms with Gasteiger partial charge in [-0.25, -0.2) is 14.2 Å². The molecule has 0 fully saturated rings. The van der Waals surface area contributed by atoms with Crippen LogP contribution in [0.25, 0.3) is 5.69 Å². The summed E-state index contributed by atoms with van der Waals surface area (Å²) in [5.41, 5.74) is 6.68. The van der Waals surface area contributed by atoms with E-state index in [9.17, 15) is 13.6 Å². The number of anilines is 1. The standard InChI is InChI=1S/C21H20F2N4O/c1-14-11-16(15(2)27(14)20-9-5-18(23)6-10-20)12-25-26-21(28)13-24-19-7-3-17(22)4-8-19/h3-12,24H,13H2,1-2H3,(H,26,28)/b25-12-. The lowest BCUT2D eigenvalue weighted by atomic mass is 10.2. The van der Waals surface area contributed by atoms with Gasteiger partial charge < -0.3 is 9.88 Å². The predicted octanol–water partition coefficient (Wildman–Crippen LogP) is 3.93. The number of rotatable bonds is 6. The quantitative estimate of drug-likeness (QED) is 0.501. The molecule has 7 heteroatoms. The van der Waals surface area contributed by atoms with Crippen molar-refractivity contribution in [1.29, 1.82) is 0 Å². The van der Waals surface area contributed by atoms with Gasteiger partial charge in [-0.15, -0.1) is 0 Å². The van der Waals surface area contributed by atoms with Crippen molar-refractivity contribution in [3.8, 4) is 5.69 Å². The van der Waals surface area contributed by atoms with Crippen molar-refractivity contribution in [3.05, 3.63) is 83.2 Å². The summed E-state index contributed by atoms with van der Waals surface area (Å²) in [5.74, 6) is -0.948. The third-order valence-electron chi connectivity index (χ3n) is 4.25. The Hall–Kier alpha value is -3.48. The van der Waals surface area contributed by atoms with E-state index in [2.05, 4.69) is 15.8 Å². The molecule has 0 unspecified atom stereocenters. The Morgan fingerprint density at radius 3 is 2.29 bits per heavy atom. The van der Waals surface area contributed by atoms with E-state index in [1.165, 1.54) is 24.3 Å². The third-order valence-corrected chi connectivity index (χ3v) is 4.25. The molecule has 0 aliphatic rings. The van der Waals surface area contributed by atoms with Crippen molar-refractivity contribution in [1.82, 2.24) is 9.99 Å². The highest BCUT2D eigenvalue weighted by atomic mass is 19.1. The maximum absolute atomic E-state index is 13.1. The molecule has 28 heavy (non-hydrogen) atoms. The largest absolute Gasteiger partial charge is 0.376 e. The molecule has 0 atom stereocenters. The second-order valence-corrected chi connectivity index (χ2v) is 6.29. The molecule has 0 aliphatic heterocycles. The first kappa shape index (κ1) is 19.3. The number of aryl methyl sites for hydroxylation is 1. The smallest absolute Gasteiger partial charge is 0.259 e. The minimum atomic E-state index is -0.335. The van der Waals surface area contributed by atoms with E-state index >= 15 is 0 Å². The summed E-state index contributed by atoms with van der Waals surface area (Å²) in [7, 11) is 0. The number of carbonyl (C=O) groups is 1. The van der Waals surface area contributed by atoms with Gasteiger partial charge >= 0.3 is 0 Å². The second kappa shape index (κ2) is 8.47. The lowest BCUT2D eigenvalue weighted by Gasteiger charge is -2.09. The first-order valence-electron chi connectivity index (χ1n) is 8.70. The Bertz CT molecular complexity index is 992. The molecular formula is C21H20F2N4O. The van der Waals surface area contributed by atoms with Crippen LogP contribution in [0.4, 0.5) is 14.5 Å². The Balaban J connectivity index is 1.61. The lowest BCUT2D eigenvalue weighted by molar-refractivity contribution is -0.119. The normalized spacial score (nSPS) is 11.0. The summed E-state index contributed by atoms with van der Waals surface area (Å²) < 4.78 is 28.0. The molecule has 0 bridgehead atoms. The summed E-state index contributed by atoms with van der Waals surface area (Å²) in [4.78, 5) is 11.9. The van der Waals surface area contributed by atoms with Gasteiger partial charge in [-0.1, -0.05) is 0 Å². The number of amides is 1. The van der Waals surface area contributed by atoms with Gasteiger partial charge in [-0.3, -0.25) is 4.79 Å². The molecule has 0 saturated carbocycles. The highest BCUT2D eigenvalue weighted by Crippen LogP contribution is 2.20. The number of aromatic nitrogens is 1. The van der Waals surface area contributed by atoms with Crippen LogP contribution in [-0.4, -0.2) is 23.2 Å². The third kappa shape index (κ3) is 4.62. The molecule has 0 radical (unpaired) electrons. The van der Waals surface area contributed by atoms with Gasteiger partial charge in [0.05, 0.1) is 12.8 Å². The minimum absolute atomic E-state index is 0.0115. The monoisotopic (exact) mass is 382 g/mol. The molecule has 1 aromatic heterocycles. The summed E-state index contributed by atoms with van der Waals surface area (Å²) in [6.45, 7) is 3.88. The van der Waals surface area contributed by atoms with Crippen molar-refractivity contribution in [3.63, 3.8) is 0 Å². The van der Waals surface area contributed by atoms with Crippen LogP contribution < -0.4 is 10.7 Å². The lowest BCUT2D eigenvalue weighted by Crippen LogP contribution is -2.25. The summed E-state index contributed by atoms with van der Waals surface area (Å²) >= 11 is 0. The number of halogens is 2. The average Bonchev–Trinajstić information content (AvgIpc) is 2.96. The minimum Gasteiger partial charge on any atom is -0.376 e. The van der Waals surface area contributed by atoms with Crippen molar-refractivity contribution in [2.45, 2.75) is 13.8 Å². The molecule has 1 heterocycles. The van der Waals surface area contributed by atoms with E-state index in [0.29, 0.717) is 5.69 Å². The van der Waals surface area contributed by atoms with E-state index in [1.807, 2.05) is 24.5 Å². The highest BCUT2D eigenvalue weighted by Gasteiger charge is 2.09. The summed E-state index contributed by atoms with van der Waals surface area (Å²) in [5, 5.41) is 6.88. The molecule has 5 nitrogen and oxygen atoms in total. The van der Waals surface area contributed by atoms with E-state index < -0.39 is 0 Å². The molecule has 3 aromatic rings. The molecular weight excluding hydrogens is 362 g/mol. The zero-order chi connectivity index (χ0) is 20.1. The van der Waals surface area contributed by atoms with Crippen LogP contribution in [0.15, 0.2) is 59.7 Å². The first-order valence-corrected chi connectivity index (χ1v) is 8.70. The molecule has 0 aliphatic carbocycles. The van der Waals surface area contributed by atoms with Gasteiger partial charge in [-0.05, 0) is 68.4 Å². The van der Waals surface area contributed by atoms with Gasteiger partial charge in [0.1, 0.15) is 11.6 Å². The van der Waals surface area contributed by atoms with Crippen LogP contribution >= 0.6 is 0 Å². The fraction of sp³-hybridized carbons (Fsp3) is 0.143. The van der Waals surface area contributed by atoms with Crippen LogP contribution in [0.1, 0.15) is 17.0 Å². The average molecular weight is 382 g/mol. The maximum atomic E-state index is 13.1. The molecule has 144 valence electrons. The molecule has 1 amide bonds. The SMILES string of the molecule is Cc1cc(/C=N\NC(=O)CNc2ccc(F)cc2)c(C)n1-c1ccc(F)cc1. The summed E-state index contributed by atoms with van der Waals surface area (Å²) in [6, 6.07) is 13.9. The van der Waals surface area contributed by atoms with Crippen LogP contribution in [0.2, 0.25) is 0 Å². The van der Waals surface area contributed by atoms with E-state index in [0.717, 1.165) is 22.6 Å². The maximum Gasteiger partial charge on any atom is 0.259 e. The van der Waals surface area contributed by atoms with Crippen molar-refractivity contribution < 1.29 is 13.6 Å². The predicted molar refractivity (Wildman–Crippen MR) is 106 cm³/mol. The molecule has 2 aromatic carbocycles. The zero-order valence-electron chi connectivity index (χ0n) is 15.5. The summed E-state index contributed by atoms with van der Waals surface area (Å²) in [6.07, 6.45) is 1.57. The number of nitrogens with zero attached hydrogens (tertiary/aromatic N) is 2. The van der Waals surface area contributed by atoms with Gasteiger partial charge in [0, 0.05) is 28.3 Å². The Kier molecular flexibility index (Phi) is 5.84. The second-order valence-electron chi connectivity index (χ2n) is 6.29. The number of benzene rings is 2. The van der Waals surface area contributed by atoms with Gasteiger partial charge in [0.15, 0.2) is 0 Å². The zero-order valence-corrected chi connectivity index (χ0v) is 15.5.